The van der Waals surface area contributed by atoms with Crippen LogP contribution in [-0.2, 0) is 0 Å². The molecule has 0 aliphatic carbocycles. The Hall–Kier alpha value is -2.40. The molecule has 0 unspecified atom stereocenters. The molecule has 3 aromatic rings. The molecular weight excluding hydrogens is 396 g/mol. The van der Waals surface area contributed by atoms with Crippen molar-refractivity contribution in [2.75, 3.05) is 0 Å². The van der Waals surface area contributed by atoms with Gasteiger partial charge in [0.25, 0.3) is 0 Å². The predicted molar refractivity (Wildman–Crippen MR) is 103 cm³/mol. The highest BCUT2D eigenvalue weighted by atomic mass is 79.9. The molecule has 5 heteroatoms. The molecule has 0 saturated carbocycles. The predicted octanol–water partition coefficient (Wildman–Crippen LogP) is 5.19. The van der Waals surface area contributed by atoms with Crippen LogP contribution in [-0.4, -0.2) is 5.78 Å². The first-order valence-electron chi connectivity index (χ1n) is 8.39. The Morgan fingerprint density at radius 2 is 1.73 bits per heavy atom. The van der Waals surface area contributed by atoms with Crippen LogP contribution in [0.2, 0.25) is 0 Å². The summed E-state index contributed by atoms with van der Waals surface area (Å²) in [5.74, 6) is 0.565. The molecule has 132 valence electrons. The van der Waals surface area contributed by atoms with E-state index in [0.29, 0.717) is 27.8 Å². The summed E-state index contributed by atoms with van der Waals surface area (Å²) in [6.07, 6.45) is -0.0739. The standard InChI is InChI=1S/C21H17BrO4/c1-10-8-17-19(11(2)12(3)21(24)26-17)20-18(10)15(23)9-16(25-20)13-4-6-14(22)7-5-13/h4-8,16H,9H2,1-3H3/t16-/m1/s1. The third-order valence-electron chi connectivity index (χ3n) is 5.04. The van der Waals surface area contributed by atoms with Gasteiger partial charge in [0, 0.05) is 10.0 Å². The highest BCUT2D eigenvalue weighted by Gasteiger charge is 2.32. The number of aryl methyl sites for hydroxylation is 2. The van der Waals surface area contributed by atoms with Gasteiger partial charge in [-0.3, -0.25) is 4.79 Å². The van der Waals surface area contributed by atoms with Gasteiger partial charge in [0.2, 0.25) is 0 Å². The fourth-order valence-corrected chi connectivity index (χ4v) is 3.76. The van der Waals surface area contributed by atoms with Crippen LogP contribution in [0.3, 0.4) is 0 Å². The van der Waals surface area contributed by atoms with Crippen molar-refractivity contribution in [3.05, 3.63) is 73.0 Å². The number of rotatable bonds is 1. The van der Waals surface area contributed by atoms with Crippen LogP contribution in [0.15, 0.2) is 44.0 Å². The van der Waals surface area contributed by atoms with E-state index in [1.54, 1.807) is 13.0 Å². The number of hydrogen-bond donors (Lipinski definition) is 0. The molecule has 26 heavy (non-hydrogen) atoms. The molecule has 0 saturated heterocycles. The van der Waals surface area contributed by atoms with Gasteiger partial charge >= 0.3 is 5.63 Å². The zero-order chi connectivity index (χ0) is 18.6. The van der Waals surface area contributed by atoms with Gasteiger partial charge in [0.05, 0.1) is 17.4 Å². The summed E-state index contributed by atoms with van der Waals surface area (Å²) in [4.78, 5) is 24.9. The molecule has 0 spiro atoms. The molecular formula is C21H17BrO4. The average molecular weight is 413 g/mol. The van der Waals surface area contributed by atoms with Gasteiger partial charge in [0.15, 0.2) is 5.78 Å². The van der Waals surface area contributed by atoms with Gasteiger partial charge in [-0.2, -0.15) is 0 Å². The summed E-state index contributed by atoms with van der Waals surface area (Å²) in [6, 6.07) is 9.51. The van der Waals surface area contributed by atoms with Crippen molar-refractivity contribution >= 4 is 32.7 Å². The summed E-state index contributed by atoms with van der Waals surface area (Å²) in [5, 5.41) is 0.706. The van der Waals surface area contributed by atoms with Gasteiger partial charge in [-0.05, 0) is 55.7 Å². The molecule has 0 radical (unpaired) electrons. The number of fused-ring (bicyclic) bond motifs is 3. The Morgan fingerprint density at radius 1 is 1.04 bits per heavy atom. The first-order chi connectivity index (χ1) is 12.4. The third-order valence-corrected chi connectivity index (χ3v) is 5.57. The normalized spacial score (nSPS) is 16.5. The van der Waals surface area contributed by atoms with E-state index in [1.165, 1.54) is 0 Å². The number of halogens is 1. The number of hydrogen-bond acceptors (Lipinski definition) is 4. The van der Waals surface area contributed by atoms with E-state index in [4.69, 9.17) is 9.15 Å². The van der Waals surface area contributed by atoms with Crippen molar-refractivity contribution in [3.8, 4) is 5.75 Å². The monoisotopic (exact) mass is 412 g/mol. The van der Waals surface area contributed by atoms with E-state index in [2.05, 4.69) is 15.9 Å². The van der Waals surface area contributed by atoms with E-state index in [-0.39, 0.29) is 23.9 Å². The van der Waals surface area contributed by atoms with Gasteiger partial charge in [-0.15, -0.1) is 0 Å². The summed E-state index contributed by atoms with van der Waals surface area (Å²) >= 11 is 3.42. The maximum Gasteiger partial charge on any atom is 0.339 e. The summed E-state index contributed by atoms with van der Waals surface area (Å²) in [5.41, 5.74) is 3.70. The van der Waals surface area contributed by atoms with E-state index in [9.17, 15) is 9.59 Å². The number of carbonyl (C=O) groups excluding carboxylic acids is 1. The molecule has 1 aromatic heterocycles. The highest BCUT2D eigenvalue weighted by Crippen LogP contribution is 2.43. The second-order valence-corrected chi connectivity index (χ2v) is 7.61. The summed E-state index contributed by atoms with van der Waals surface area (Å²) in [7, 11) is 0. The lowest BCUT2D eigenvalue weighted by Crippen LogP contribution is -2.22. The van der Waals surface area contributed by atoms with Crippen LogP contribution >= 0.6 is 15.9 Å². The Morgan fingerprint density at radius 3 is 2.42 bits per heavy atom. The van der Waals surface area contributed by atoms with Gasteiger partial charge in [-0.25, -0.2) is 4.79 Å². The quantitative estimate of drug-likeness (QED) is 0.516. The van der Waals surface area contributed by atoms with Crippen molar-refractivity contribution in [3.63, 3.8) is 0 Å². The molecule has 4 rings (SSSR count). The minimum Gasteiger partial charge on any atom is -0.484 e. The summed E-state index contributed by atoms with van der Waals surface area (Å²) < 4.78 is 12.7. The molecule has 0 N–H and O–H groups in total. The third kappa shape index (κ3) is 2.58. The fraction of sp³-hybridized carbons (Fsp3) is 0.238. The molecule has 0 fully saturated rings. The second-order valence-electron chi connectivity index (χ2n) is 6.70. The summed E-state index contributed by atoms with van der Waals surface area (Å²) in [6.45, 7) is 5.43. The van der Waals surface area contributed by atoms with Crippen molar-refractivity contribution < 1.29 is 13.9 Å². The Bertz CT molecular complexity index is 1110. The molecule has 2 heterocycles. The van der Waals surface area contributed by atoms with E-state index >= 15 is 0 Å². The molecule has 2 aromatic carbocycles. The van der Waals surface area contributed by atoms with Crippen molar-refractivity contribution in [1.82, 2.24) is 0 Å². The Labute approximate surface area is 158 Å². The zero-order valence-electron chi connectivity index (χ0n) is 14.7. The Balaban J connectivity index is 1.96. The minimum atomic E-state index is -0.361. The van der Waals surface area contributed by atoms with Crippen molar-refractivity contribution in [2.24, 2.45) is 0 Å². The second kappa shape index (κ2) is 6.09. The average Bonchev–Trinajstić information content (AvgIpc) is 2.59. The lowest BCUT2D eigenvalue weighted by Gasteiger charge is -2.28. The van der Waals surface area contributed by atoms with Gasteiger partial charge < -0.3 is 9.15 Å². The molecule has 0 bridgehead atoms. The Kier molecular flexibility index (Phi) is 3.99. The lowest BCUT2D eigenvalue weighted by atomic mass is 9.90. The van der Waals surface area contributed by atoms with Crippen LogP contribution in [0.4, 0.5) is 0 Å². The van der Waals surface area contributed by atoms with E-state index in [0.717, 1.165) is 21.2 Å². The van der Waals surface area contributed by atoms with E-state index in [1.807, 2.05) is 38.1 Å². The molecule has 1 aliphatic rings. The largest absolute Gasteiger partial charge is 0.484 e. The number of benzene rings is 2. The maximum absolute atomic E-state index is 12.9. The van der Waals surface area contributed by atoms with Gasteiger partial charge in [-0.1, -0.05) is 28.1 Å². The minimum absolute atomic E-state index is 0.0434. The van der Waals surface area contributed by atoms with E-state index < -0.39 is 0 Å². The van der Waals surface area contributed by atoms with Crippen LogP contribution in [0.5, 0.6) is 5.75 Å². The topological polar surface area (TPSA) is 56.5 Å². The first kappa shape index (κ1) is 17.0. The van der Waals surface area contributed by atoms with Crippen molar-refractivity contribution in [1.29, 1.82) is 0 Å². The van der Waals surface area contributed by atoms with Crippen LogP contribution in [0.25, 0.3) is 11.0 Å². The van der Waals surface area contributed by atoms with Crippen molar-refractivity contribution in [2.45, 2.75) is 33.3 Å². The zero-order valence-corrected chi connectivity index (χ0v) is 16.3. The SMILES string of the molecule is Cc1cc2oc(=O)c(C)c(C)c2c2c1C(=O)C[C@H](c1ccc(Br)cc1)O2. The fourth-order valence-electron chi connectivity index (χ4n) is 3.49. The van der Waals surface area contributed by atoms with Crippen LogP contribution in [0, 0.1) is 20.8 Å². The highest BCUT2D eigenvalue weighted by molar-refractivity contribution is 9.10. The number of carbonyl (C=O) groups is 1. The maximum atomic E-state index is 12.9. The smallest absolute Gasteiger partial charge is 0.339 e. The molecule has 1 aliphatic heterocycles. The first-order valence-corrected chi connectivity index (χ1v) is 9.19. The number of ketones is 1. The molecule has 1 atom stereocenters. The molecule has 4 nitrogen and oxygen atoms in total. The number of Topliss-reactive ketones (excluding diaryl/α,β-unsaturated/α-hetero) is 1. The van der Waals surface area contributed by atoms with Gasteiger partial charge in [0.1, 0.15) is 17.4 Å². The van der Waals surface area contributed by atoms with Crippen LogP contribution in [0.1, 0.15) is 45.1 Å². The van der Waals surface area contributed by atoms with Crippen LogP contribution < -0.4 is 10.4 Å². The molecule has 0 amide bonds. The number of ether oxygens (including phenoxy) is 1. The lowest BCUT2D eigenvalue weighted by molar-refractivity contribution is 0.0852.